The Labute approximate surface area is 235 Å². The highest BCUT2D eigenvalue weighted by Gasteiger charge is 2.17. The van der Waals surface area contributed by atoms with E-state index in [1.165, 1.54) is 0 Å². The Hall–Kier alpha value is -4.84. The number of rotatable bonds is 10. The van der Waals surface area contributed by atoms with Crippen molar-refractivity contribution in [3.8, 4) is 45.3 Å². The minimum absolute atomic E-state index is 0.320. The Morgan fingerprint density at radius 2 is 0.900 bits per heavy atom. The predicted octanol–water partition coefficient (Wildman–Crippen LogP) is 8.59. The molecule has 3 rings (SSSR count). The summed E-state index contributed by atoms with van der Waals surface area (Å²) >= 11 is 0. The van der Waals surface area contributed by atoms with Crippen molar-refractivity contribution in [2.75, 3.05) is 0 Å². The summed E-state index contributed by atoms with van der Waals surface area (Å²) in [5.41, 5.74) is 5.85. The van der Waals surface area contributed by atoms with Crippen molar-refractivity contribution in [1.29, 1.82) is 0 Å². The molecule has 6 heteroatoms. The van der Waals surface area contributed by atoms with Crippen molar-refractivity contribution in [3.63, 3.8) is 0 Å². The van der Waals surface area contributed by atoms with E-state index in [1.807, 2.05) is 64.1 Å². The molecule has 0 fully saturated rings. The fourth-order valence-electron chi connectivity index (χ4n) is 3.36. The lowest BCUT2D eigenvalue weighted by atomic mass is 9.97. The van der Waals surface area contributed by atoms with Gasteiger partial charge in [0.1, 0.15) is 23.0 Å². The van der Waals surface area contributed by atoms with Gasteiger partial charge in [-0.1, -0.05) is 37.4 Å². The average Bonchev–Trinajstić information content (AvgIpc) is 2.91. The van der Waals surface area contributed by atoms with E-state index in [9.17, 15) is 9.59 Å². The van der Waals surface area contributed by atoms with Gasteiger partial charge >= 0.3 is 11.9 Å². The molecule has 0 aliphatic heterocycles. The van der Waals surface area contributed by atoms with Crippen LogP contribution in [-0.4, -0.2) is 11.9 Å². The number of hydrogen-bond donors (Lipinski definition) is 0. The average molecular weight is 539 g/mol. The summed E-state index contributed by atoms with van der Waals surface area (Å²) in [6, 6.07) is 18.1. The van der Waals surface area contributed by atoms with Crippen molar-refractivity contribution in [1.82, 2.24) is 0 Å². The molecule has 0 aromatic heterocycles. The van der Waals surface area contributed by atoms with Gasteiger partial charge in [-0.2, -0.15) is 0 Å². The highest BCUT2D eigenvalue weighted by molar-refractivity contribution is 5.89. The fraction of sp³-hybridized carbons (Fsp3) is 0.176. The van der Waals surface area contributed by atoms with E-state index in [0.29, 0.717) is 34.1 Å². The third-order valence-electron chi connectivity index (χ3n) is 5.37. The fourth-order valence-corrected chi connectivity index (χ4v) is 3.36. The van der Waals surface area contributed by atoms with Crippen molar-refractivity contribution in [3.05, 3.63) is 109 Å². The van der Waals surface area contributed by atoms with Gasteiger partial charge in [0.2, 0.25) is 0 Å². The number of allylic oxidation sites excluding steroid dienone is 2. The number of carbonyl (C=O) groups excluding carboxylic acids is 2. The lowest BCUT2D eigenvalue weighted by molar-refractivity contribution is -0.130. The van der Waals surface area contributed by atoms with Crippen LogP contribution in [0.25, 0.3) is 22.3 Å². The molecule has 206 valence electrons. The van der Waals surface area contributed by atoms with Crippen LogP contribution < -0.4 is 18.9 Å². The van der Waals surface area contributed by atoms with Crippen LogP contribution in [0.2, 0.25) is 0 Å². The van der Waals surface area contributed by atoms with Gasteiger partial charge in [0.05, 0.1) is 12.5 Å². The molecule has 0 spiro atoms. The van der Waals surface area contributed by atoms with Crippen LogP contribution in [0.3, 0.4) is 0 Å². The lowest BCUT2D eigenvalue weighted by Gasteiger charge is -2.17. The Morgan fingerprint density at radius 3 is 1.18 bits per heavy atom. The first-order valence-electron chi connectivity index (χ1n) is 12.7. The molecule has 0 aliphatic carbocycles. The molecule has 0 heterocycles. The standard InChI is InChI=1S/C34H34O6/c1-21(2)19-37-31-17-30(26-11-15-28(16-12-26)40-34(36)24(7)8)32(38-20-22(3)4)18-29(31)25-9-13-27(14-10-25)39-33(35)23(5)6/h9-20H,5,7H2,1-4,6,8H3. The van der Waals surface area contributed by atoms with E-state index in [1.54, 1.807) is 50.6 Å². The molecule has 3 aromatic rings. The van der Waals surface area contributed by atoms with Gasteiger partial charge in [-0.3, -0.25) is 0 Å². The maximum Gasteiger partial charge on any atom is 0.338 e. The summed E-state index contributed by atoms with van der Waals surface area (Å²) < 4.78 is 22.9. The minimum Gasteiger partial charge on any atom is -0.464 e. The smallest absolute Gasteiger partial charge is 0.338 e. The Kier molecular flexibility index (Phi) is 9.87. The van der Waals surface area contributed by atoms with Crippen LogP contribution in [0.5, 0.6) is 23.0 Å². The van der Waals surface area contributed by atoms with Gasteiger partial charge < -0.3 is 18.9 Å². The third kappa shape index (κ3) is 8.08. The van der Waals surface area contributed by atoms with E-state index in [0.717, 1.165) is 33.4 Å². The van der Waals surface area contributed by atoms with Crippen molar-refractivity contribution in [2.45, 2.75) is 41.5 Å². The number of ether oxygens (including phenoxy) is 4. The van der Waals surface area contributed by atoms with Crippen LogP contribution in [0.15, 0.2) is 109 Å². The van der Waals surface area contributed by atoms with Crippen molar-refractivity contribution >= 4 is 11.9 Å². The summed E-state index contributed by atoms with van der Waals surface area (Å²) in [5, 5.41) is 0. The summed E-state index contributed by atoms with van der Waals surface area (Å²) in [6.07, 6.45) is 3.37. The highest BCUT2D eigenvalue weighted by atomic mass is 16.5. The van der Waals surface area contributed by atoms with E-state index >= 15 is 0 Å². The lowest BCUT2D eigenvalue weighted by Crippen LogP contribution is -2.07. The zero-order valence-electron chi connectivity index (χ0n) is 23.8. The minimum atomic E-state index is -0.484. The first-order chi connectivity index (χ1) is 18.9. The van der Waals surface area contributed by atoms with Crippen molar-refractivity contribution < 1.29 is 28.5 Å². The van der Waals surface area contributed by atoms with Gasteiger partial charge in [-0.15, -0.1) is 0 Å². The second-order valence-corrected chi connectivity index (χ2v) is 9.86. The third-order valence-corrected chi connectivity index (χ3v) is 5.37. The van der Waals surface area contributed by atoms with Crippen LogP contribution >= 0.6 is 0 Å². The zero-order valence-corrected chi connectivity index (χ0v) is 23.8. The maximum absolute atomic E-state index is 11.9. The molecule has 0 bridgehead atoms. The summed E-state index contributed by atoms with van der Waals surface area (Å²) in [5.74, 6) is 1.06. The van der Waals surface area contributed by atoms with Gasteiger partial charge in [0.25, 0.3) is 0 Å². The molecule has 3 aromatic carbocycles. The molecular formula is C34H34O6. The number of carbonyl (C=O) groups is 2. The van der Waals surface area contributed by atoms with Gasteiger partial charge in [0, 0.05) is 22.3 Å². The molecule has 6 nitrogen and oxygen atoms in total. The molecule has 0 aliphatic rings. The molecule has 0 saturated heterocycles. The Balaban J connectivity index is 2.11. The largest absolute Gasteiger partial charge is 0.464 e. The van der Waals surface area contributed by atoms with Gasteiger partial charge in [-0.25, -0.2) is 9.59 Å². The number of benzene rings is 3. The number of esters is 2. The molecule has 40 heavy (non-hydrogen) atoms. The number of hydrogen-bond acceptors (Lipinski definition) is 6. The molecular weight excluding hydrogens is 504 g/mol. The van der Waals surface area contributed by atoms with E-state index < -0.39 is 11.9 Å². The molecule has 0 saturated carbocycles. The highest BCUT2D eigenvalue weighted by Crippen LogP contribution is 2.42. The molecule has 0 amide bonds. The second kappa shape index (κ2) is 13.3. The van der Waals surface area contributed by atoms with E-state index in [-0.39, 0.29) is 0 Å². The van der Waals surface area contributed by atoms with Crippen LogP contribution in [0, 0.1) is 0 Å². The molecule has 0 atom stereocenters. The maximum atomic E-state index is 11.9. The van der Waals surface area contributed by atoms with Gasteiger partial charge in [0.15, 0.2) is 0 Å². The topological polar surface area (TPSA) is 71.1 Å². The molecule has 0 radical (unpaired) electrons. The van der Waals surface area contributed by atoms with Gasteiger partial charge in [-0.05, 0) is 100 Å². The second-order valence-electron chi connectivity index (χ2n) is 9.86. The van der Waals surface area contributed by atoms with E-state index in [2.05, 4.69) is 13.2 Å². The summed E-state index contributed by atoms with van der Waals surface area (Å²) in [4.78, 5) is 23.8. The normalized spacial score (nSPS) is 10.2. The summed E-state index contributed by atoms with van der Waals surface area (Å²) in [7, 11) is 0. The Bertz CT molecular complexity index is 1370. The molecule has 0 unspecified atom stereocenters. The summed E-state index contributed by atoms with van der Waals surface area (Å²) in [6.45, 7) is 18.2. The monoisotopic (exact) mass is 538 g/mol. The molecule has 0 N–H and O–H groups in total. The Morgan fingerprint density at radius 1 is 0.575 bits per heavy atom. The van der Waals surface area contributed by atoms with Crippen LogP contribution in [-0.2, 0) is 9.59 Å². The SMILES string of the molecule is C=C(C)C(=O)Oc1ccc(-c2cc(OC=C(C)C)c(-c3ccc(OC(=O)C(=C)C)cc3)cc2OC=C(C)C)cc1. The van der Waals surface area contributed by atoms with Crippen molar-refractivity contribution in [2.24, 2.45) is 0 Å². The van der Waals surface area contributed by atoms with Crippen LogP contribution in [0.1, 0.15) is 41.5 Å². The predicted molar refractivity (Wildman–Crippen MR) is 158 cm³/mol. The first-order valence-corrected chi connectivity index (χ1v) is 12.7. The quantitative estimate of drug-likeness (QED) is 0.111. The van der Waals surface area contributed by atoms with Crippen LogP contribution in [0.4, 0.5) is 0 Å². The first kappa shape index (κ1) is 29.7. The zero-order chi connectivity index (χ0) is 29.4. The van der Waals surface area contributed by atoms with E-state index in [4.69, 9.17) is 18.9 Å².